The Morgan fingerprint density at radius 2 is 1.79 bits per heavy atom. The van der Waals surface area contributed by atoms with Crippen molar-refractivity contribution in [2.75, 3.05) is 5.32 Å². The summed E-state index contributed by atoms with van der Waals surface area (Å²) in [6.45, 7) is 5.27. The van der Waals surface area contributed by atoms with Crippen LogP contribution in [0.15, 0.2) is 71.9 Å². The van der Waals surface area contributed by atoms with Gasteiger partial charge in [-0.05, 0) is 62.7 Å². The van der Waals surface area contributed by atoms with Gasteiger partial charge >= 0.3 is 0 Å². The Hall–Kier alpha value is -3.98. The van der Waals surface area contributed by atoms with E-state index < -0.39 is 27.9 Å². The first-order chi connectivity index (χ1) is 16.2. The van der Waals surface area contributed by atoms with Crippen LogP contribution < -0.4 is 5.32 Å². The third kappa shape index (κ3) is 3.45. The lowest BCUT2D eigenvalue weighted by Gasteiger charge is -2.18. The Kier molecular flexibility index (Phi) is 5.02. The van der Waals surface area contributed by atoms with Crippen LogP contribution in [0.5, 0.6) is 0 Å². The number of hydrogen-bond donors (Lipinski definition) is 1. The van der Waals surface area contributed by atoms with Crippen molar-refractivity contribution < 1.29 is 18.0 Å². The minimum Gasteiger partial charge on any atom is -0.322 e. The SMILES string of the molecule is Cc1cccn2cc(-c3ccc(NC(=O)c4ccc5c(c4)S(=O)(=O)N(C(C)C)C5=O)cc3)nc12. The summed E-state index contributed by atoms with van der Waals surface area (Å²) in [5.74, 6) is -1.04. The van der Waals surface area contributed by atoms with Gasteiger partial charge in [-0.25, -0.2) is 17.7 Å². The van der Waals surface area contributed by atoms with E-state index in [4.69, 9.17) is 0 Å². The molecule has 8 nitrogen and oxygen atoms in total. The first kappa shape index (κ1) is 21.8. The largest absolute Gasteiger partial charge is 0.322 e. The lowest BCUT2D eigenvalue weighted by atomic mass is 10.1. The maximum Gasteiger partial charge on any atom is 0.269 e. The van der Waals surface area contributed by atoms with Gasteiger partial charge in [0.2, 0.25) is 0 Å². The fourth-order valence-corrected chi connectivity index (χ4v) is 5.91. The van der Waals surface area contributed by atoms with E-state index in [9.17, 15) is 18.0 Å². The number of rotatable bonds is 4. The number of aromatic nitrogens is 2. The molecular formula is C25H22N4O4S. The molecule has 0 fully saturated rings. The first-order valence-corrected chi connectivity index (χ1v) is 12.2. The van der Waals surface area contributed by atoms with Crippen LogP contribution in [0.2, 0.25) is 0 Å². The summed E-state index contributed by atoms with van der Waals surface area (Å²) in [5, 5.41) is 2.78. The number of fused-ring (bicyclic) bond motifs is 2. The number of nitrogens with zero attached hydrogens (tertiary/aromatic N) is 3. The van der Waals surface area contributed by atoms with E-state index in [1.807, 2.05) is 48.0 Å². The van der Waals surface area contributed by atoms with Crippen LogP contribution in [0.25, 0.3) is 16.9 Å². The van der Waals surface area contributed by atoms with Crippen LogP contribution >= 0.6 is 0 Å². The van der Waals surface area contributed by atoms with Gasteiger partial charge in [0, 0.05) is 35.2 Å². The second-order valence-electron chi connectivity index (χ2n) is 8.49. The summed E-state index contributed by atoms with van der Waals surface area (Å²) in [5.41, 5.74) is 4.46. The number of sulfonamides is 1. The molecule has 0 unspecified atom stereocenters. The van der Waals surface area contributed by atoms with E-state index in [1.54, 1.807) is 26.0 Å². The molecule has 0 bridgehead atoms. The first-order valence-electron chi connectivity index (χ1n) is 10.8. The van der Waals surface area contributed by atoms with Gasteiger partial charge in [0.1, 0.15) is 10.5 Å². The highest BCUT2D eigenvalue weighted by Crippen LogP contribution is 2.33. The lowest BCUT2D eigenvalue weighted by molar-refractivity contribution is 0.0846. The Bertz CT molecular complexity index is 1570. The molecule has 3 heterocycles. The number of benzene rings is 2. The zero-order valence-corrected chi connectivity index (χ0v) is 19.6. The number of carbonyl (C=O) groups excluding carboxylic acids is 2. The van der Waals surface area contributed by atoms with E-state index in [1.165, 1.54) is 18.2 Å². The smallest absolute Gasteiger partial charge is 0.269 e. The molecule has 9 heteroatoms. The van der Waals surface area contributed by atoms with E-state index in [0.29, 0.717) is 5.69 Å². The highest BCUT2D eigenvalue weighted by Gasteiger charge is 2.42. The number of carbonyl (C=O) groups is 2. The van der Waals surface area contributed by atoms with Crippen molar-refractivity contribution in [3.63, 3.8) is 0 Å². The molecule has 1 N–H and O–H groups in total. The van der Waals surface area contributed by atoms with Crippen molar-refractivity contribution in [1.82, 2.24) is 13.7 Å². The number of pyridine rings is 1. The average Bonchev–Trinajstić information content (AvgIpc) is 3.32. The van der Waals surface area contributed by atoms with E-state index in [0.717, 1.165) is 26.8 Å². The highest BCUT2D eigenvalue weighted by molar-refractivity contribution is 7.90. The molecule has 0 saturated carbocycles. The van der Waals surface area contributed by atoms with Gasteiger partial charge in [-0.3, -0.25) is 9.59 Å². The molecule has 34 heavy (non-hydrogen) atoms. The van der Waals surface area contributed by atoms with Gasteiger partial charge in [0.05, 0.1) is 11.3 Å². The van der Waals surface area contributed by atoms with Crippen LogP contribution in [0.1, 0.15) is 40.1 Å². The molecular weight excluding hydrogens is 452 g/mol. The molecule has 0 saturated heterocycles. The molecule has 172 valence electrons. The Balaban J connectivity index is 1.38. The number of anilines is 1. The summed E-state index contributed by atoms with van der Waals surface area (Å²) in [4.78, 5) is 29.8. The molecule has 1 aliphatic heterocycles. The van der Waals surface area contributed by atoms with Crippen LogP contribution in [-0.4, -0.2) is 40.0 Å². The van der Waals surface area contributed by atoms with Crippen molar-refractivity contribution in [2.45, 2.75) is 31.7 Å². The molecule has 5 rings (SSSR count). The zero-order valence-electron chi connectivity index (χ0n) is 18.8. The number of imidazole rings is 1. The fourth-order valence-electron chi connectivity index (χ4n) is 4.12. The third-order valence-electron chi connectivity index (χ3n) is 5.80. The predicted molar refractivity (Wildman–Crippen MR) is 128 cm³/mol. The molecule has 2 amide bonds. The third-order valence-corrected chi connectivity index (χ3v) is 7.80. The second-order valence-corrected chi connectivity index (χ2v) is 10.3. The Morgan fingerprint density at radius 3 is 2.47 bits per heavy atom. The monoisotopic (exact) mass is 474 g/mol. The molecule has 2 aromatic heterocycles. The summed E-state index contributed by atoms with van der Waals surface area (Å²) >= 11 is 0. The van der Waals surface area contributed by atoms with Crippen molar-refractivity contribution in [2.24, 2.45) is 0 Å². The summed E-state index contributed by atoms with van der Waals surface area (Å²) < 4.78 is 28.4. The molecule has 0 atom stereocenters. The van der Waals surface area contributed by atoms with E-state index in [-0.39, 0.29) is 16.0 Å². The van der Waals surface area contributed by atoms with Gasteiger partial charge in [0.25, 0.3) is 21.8 Å². The fraction of sp³-hybridized carbons (Fsp3) is 0.160. The van der Waals surface area contributed by atoms with Crippen LogP contribution in [0.4, 0.5) is 5.69 Å². The molecule has 0 radical (unpaired) electrons. The van der Waals surface area contributed by atoms with Crippen molar-refractivity contribution >= 4 is 33.2 Å². The second kappa shape index (κ2) is 7.81. The number of amides is 2. The highest BCUT2D eigenvalue weighted by atomic mass is 32.2. The van der Waals surface area contributed by atoms with Crippen molar-refractivity contribution in [3.05, 3.63) is 83.7 Å². The Labute approximate surface area is 196 Å². The van der Waals surface area contributed by atoms with Crippen LogP contribution in [0.3, 0.4) is 0 Å². The van der Waals surface area contributed by atoms with Gasteiger partial charge in [-0.15, -0.1) is 0 Å². The van der Waals surface area contributed by atoms with Gasteiger partial charge in [0.15, 0.2) is 0 Å². The van der Waals surface area contributed by atoms with Gasteiger partial charge in [-0.2, -0.15) is 0 Å². The number of aryl methyl sites for hydroxylation is 1. The average molecular weight is 475 g/mol. The van der Waals surface area contributed by atoms with Crippen molar-refractivity contribution in [1.29, 1.82) is 0 Å². The van der Waals surface area contributed by atoms with Crippen LogP contribution in [0, 0.1) is 6.92 Å². The molecule has 0 aliphatic carbocycles. The Morgan fingerprint density at radius 1 is 1.06 bits per heavy atom. The number of hydrogen-bond acceptors (Lipinski definition) is 5. The standard InChI is InChI=1S/C25H22N4O4S/c1-15(2)29-25(31)20-11-8-18(13-22(20)34(29,32)33)24(30)26-19-9-6-17(7-10-19)21-14-28-12-4-5-16(3)23(28)27-21/h4-15H,1-3H3,(H,26,30). The topological polar surface area (TPSA) is 101 Å². The molecule has 4 aromatic rings. The molecule has 2 aromatic carbocycles. The van der Waals surface area contributed by atoms with E-state index in [2.05, 4.69) is 10.3 Å². The zero-order chi connectivity index (χ0) is 24.2. The summed E-state index contributed by atoms with van der Waals surface area (Å²) in [6, 6.07) is 14.8. The summed E-state index contributed by atoms with van der Waals surface area (Å²) in [7, 11) is -3.98. The normalized spacial score (nSPS) is 14.6. The minimum absolute atomic E-state index is 0.0808. The maximum atomic E-state index is 12.8. The predicted octanol–water partition coefficient (Wildman–Crippen LogP) is 4.11. The van der Waals surface area contributed by atoms with Gasteiger partial charge < -0.3 is 9.72 Å². The molecule has 1 aliphatic rings. The quantitative estimate of drug-likeness (QED) is 0.480. The van der Waals surface area contributed by atoms with Crippen LogP contribution in [-0.2, 0) is 10.0 Å². The lowest BCUT2D eigenvalue weighted by Crippen LogP contribution is -2.36. The van der Waals surface area contributed by atoms with Gasteiger partial charge in [-0.1, -0.05) is 18.2 Å². The van der Waals surface area contributed by atoms with E-state index >= 15 is 0 Å². The molecule has 0 spiro atoms. The maximum absolute atomic E-state index is 12.8. The number of nitrogens with one attached hydrogen (secondary N) is 1. The minimum atomic E-state index is -3.98. The summed E-state index contributed by atoms with van der Waals surface area (Å²) in [6.07, 6.45) is 3.89. The van der Waals surface area contributed by atoms with Crippen molar-refractivity contribution in [3.8, 4) is 11.3 Å².